The second kappa shape index (κ2) is 7.45. The van der Waals surface area contributed by atoms with Crippen molar-refractivity contribution in [3.63, 3.8) is 0 Å². The van der Waals surface area contributed by atoms with Crippen LogP contribution in [-0.2, 0) is 17.9 Å². The Kier molecular flexibility index (Phi) is 5.33. The molecule has 2 aliphatic heterocycles. The number of likely N-dealkylation sites (N-methyl/N-ethyl adjacent to an activating group) is 1. The van der Waals surface area contributed by atoms with Gasteiger partial charge in [0.05, 0.1) is 18.8 Å². The molecule has 3 heterocycles. The first kappa shape index (κ1) is 16.5. The highest BCUT2D eigenvalue weighted by molar-refractivity contribution is 5.78. The number of carbonyl (C=O) groups excluding carboxylic acids is 1. The predicted molar refractivity (Wildman–Crippen MR) is 90.0 cm³/mol. The molecule has 1 fully saturated rings. The van der Waals surface area contributed by atoms with Crippen molar-refractivity contribution in [1.82, 2.24) is 24.5 Å². The molecule has 6 nitrogen and oxygen atoms in total. The second-order valence-electron chi connectivity index (χ2n) is 7.24. The summed E-state index contributed by atoms with van der Waals surface area (Å²) in [5, 5.41) is 4.46. The summed E-state index contributed by atoms with van der Waals surface area (Å²) >= 11 is 0. The Balaban J connectivity index is 1.70. The van der Waals surface area contributed by atoms with E-state index in [-0.39, 0.29) is 5.91 Å². The Labute approximate surface area is 139 Å². The molecule has 1 amide bonds. The predicted octanol–water partition coefficient (Wildman–Crippen LogP) is 0.889. The van der Waals surface area contributed by atoms with E-state index in [4.69, 9.17) is 0 Å². The number of likely N-dealkylation sites (tertiary alicyclic amines) is 1. The first-order valence-corrected chi connectivity index (χ1v) is 8.77. The maximum absolute atomic E-state index is 12.6. The van der Waals surface area contributed by atoms with Gasteiger partial charge in [0.15, 0.2) is 0 Å². The summed E-state index contributed by atoms with van der Waals surface area (Å²) < 4.78 is 2.09. The van der Waals surface area contributed by atoms with E-state index in [1.807, 2.05) is 36.2 Å². The maximum atomic E-state index is 12.6. The van der Waals surface area contributed by atoms with E-state index in [1.165, 1.54) is 32.4 Å². The van der Waals surface area contributed by atoms with Gasteiger partial charge >= 0.3 is 0 Å². The zero-order chi connectivity index (χ0) is 16.2. The third-order valence-electron chi connectivity index (χ3n) is 4.84. The van der Waals surface area contributed by atoms with Crippen molar-refractivity contribution >= 4 is 5.91 Å². The van der Waals surface area contributed by atoms with Crippen LogP contribution >= 0.6 is 0 Å². The van der Waals surface area contributed by atoms with E-state index in [9.17, 15) is 4.79 Å². The van der Waals surface area contributed by atoms with E-state index in [0.717, 1.165) is 25.3 Å². The molecule has 3 rings (SSSR count). The lowest BCUT2D eigenvalue weighted by atomic mass is 10.1. The number of carbonyl (C=O) groups is 1. The summed E-state index contributed by atoms with van der Waals surface area (Å²) in [6.07, 6.45) is 5.83. The van der Waals surface area contributed by atoms with E-state index in [1.54, 1.807) is 0 Å². The fourth-order valence-electron chi connectivity index (χ4n) is 3.72. The molecule has 0 aromatic carbocycles. The molecule has 128 valence electrons. The number of amides is 1. The number of fused-ring (bicyclic) bond motifs is 1. The monoisotopic (exact) mass is 319 g/mol. The Morgan fingerprint density at radius 1 is 1.26 bits per heavy atom. The Hall–Kier alpha value is -1.40. The van der Waals surface area contributed by atoms with Gasteiger partial charge < -0.3 is 14.7 Å². The van der Waals surface area contributed by atoms with E-state index in [2.05, 4.69) is 14.7 Å². The average molecular weight is 319 g/mol. The van der Waals surface area contributed by atoms with Gasteiger partial charge in [0.2, 0.25) is 5.91 Å². The molecular formula is C17H29N5O. The third-order valence-corrected chi connectivity index (χ3v) is 4.84. The first-order valence-electron chi connectivity index (χ1n) is 8.77. The van der Waals surface area contributed by atoms with E-state index >= 15 is 0 Å². The molecule has 1 atom stereocenters. The van der Waals surface area contributed by atoms with Gasteiger partial charge in [-0.25, -0.2) is 0 Å². The largest absolute Gasteiger partial charge is 0.335 e. The molecule has 0 spiro atoms. The van der Waals surface area contributed by atoms with Gasteiger partial charge in [-0.3, -0.25) is 9.48 Å². The van der Waals surface area contributed by atoms with Gasteiger partial charge in [0.25, 0.3) is 0 Å². The van der Waals surface area contributed by atoms with Gasteiger partial charge in [-0.2, -0.15) is 5.10 Å². The van der Waals surface area contributed by atoms with Crippen LogP contribution in [0.1, 0.15) is 25.0 Å². The average Bonchev–Trinajstić information content (AvgIpc) is 2.86. The highest BCUT2D eigenvalue weighted by atomic mass is 16.2. The van der Waals surface area contributed by atoms with Crippen LogP contribution in [0.2, 0.25) is 0 Å². The van der Waals surface area contributed by atoms with Crippen molar-refractivity contribution < 1.29 is 4.79 Å². The molecule has 1 aromatic rings. The fraction of sp³-hybridized carbons (Fsp3) is 0.765. The summed E-state index contributed by atoms with van der Waals surface area (Å²) in [5.74, 6) is 0.675. The zero-order valence-electron chi connectivity index (χ0n) is 14.4. The molecule has 2 aliphatic rings. The third kappa shape index (κ3) is 4.32. The molecule has 6 heteroatoms. The molecule has 1 saturated heterocycles. The molecule has 23 heavy (non-hydrogen) atoms. The zero-order valence-corrected chi connectivity index (χ0v) is 14.4. The number of piperidine rings is 1. The summed E-state index contributed by atoms with van der Waals surface area (Å²) in [5.41, 5.74) is 1.15. The summed E-state index contributed by atoms with van der Waals surface area (Å²) in [4.78, 5) is 19.1. The lowest BCUT2D eigenvalue weighted by Gasteiger charge is -2.32. The lowest BCUT2D eigenvalue weighted by Crippen LogP contribution is -2.43. The highest BCUT2D eigenvalue weighted by Gasteiger charge is 2.27. The smallest absolute Gasteiger partial charge is 0.237 e. The van der Waals surface area contributed by atoms with Crippen LogP contribution in [-0.4, -0.2) is 77.2 Å². The second-order valence-corrected chi connectivity index (χ2v) is 7.24. The van der Waals surface area contributed by atoms with Crippen LogP contribution in [0.5, 0.6) is 0 Å². The van der Waals surface area contributed by atoms with Crippen molar-refractivity contribution in [3.8, 4) is 0 Å². The molecule has 1 aromatic heterocycles. The Bertz CT molecular complexity index is 521. The SMILES string of the molecule is CN(C)CC(=O)N1Cc2ccnn2CC(CN2CCCCC2)C1. The topological polar surface area (TPSA) is 44.6 Å². The van der Waals surface area contributed by atoms with Crippen LogP contribution < -0.4 is 0 Å². The number of hydrogen-bond donors (Lipinski definition) is 0. The summed E-state index contributed by atoms with van der Waals surface area (Å²) in [7, 11) is 3.90. The van der Waals surface area contributed by atoms with Crippen molar-refractivity contribution in [2.75, 3.05) is 46.8 Å². The minimum atomic E-state index is 0.216. The van der Waals surface area contributed by atoms with Gasteiger partial charge in [0.1, 0.15) is 0 Å². The molecule has 0 bridgehead atoms. The number of hydrogen-bond acceptors (Lipinski definition) is 4. The van der Waals surface area contributed by atoms with Crippen LogP contribution in [0.3, 0.4) is 0 Å². The lowest BCUT2D eigenvalue weighted by molar-refractivity contribution is -0.133. The van der Waals surface area contributed by atoms with Crippen molar-refractivity contribution in [2.45, 2.75) is 32.4 Å². The minimum Gasteiger partial charge on any atom is -0.335 e. The first-order chi connectivity index (χ1) is 11.1. The van der Waals surface area contributed by atoms with Crippen molar-refractivity contribution in [1.29, 1.82) is 0 Å². The molecule has 0 radical (unpaired) electrons. The van der Waals surface area contributed by atoms with Crippen molar-refractivity contribution in [2.24, 2.45) is 5.92 Å². The molecule has 1 unspecified atom stereocenters. The van der Waals surface area contributed by atoms with Crippen LogP contribution in [0, 0.1) is 5.92 Å². The molecule has 0 aliphatic carbocycles. The van der Waals surface area contributed by atoms with Gasteiger partial charge in [-0.15, -0.1) is 0 Å². The Morgan fingerprint density at radius 3 is 2.78 bits per heavy atom. The number of nitrogens with zero attached hydrogens (tertiary/aromatic N) is 5. The number of rotatable bonds is 4. The summed E-state index contributed by atoms with van der Waals surface area (Å²) in [6, 6.07) is 2.04. The molecule has 0 N–H and O–H groups in total. The normalized spacial score (nSPS) is 22.9. The van der Waals surface area contributed by atoms with Crippen LogP contribution in [0.4, 0.5) is 0 Å². The van der Waals surface area contributed by atoms with Crippen LogP contribution in [0.15, 0.2) is 12.3 Å². The van der Waals surface area contributed by atoms with Gasteiger partial charge in [-0.1, -0.05) is 6.42 Å². The highest BCUT2D eigenvalue weighted by Crippen LogP contribution is 2.19. The Morgan fingerprint density at radius 2 is 2.04 bits per heavy atom. The fourth-order valence-corrected chi connectivity index (χ4v) is 3.72. The van der Waals surface area contributed by atoms with Gasteiger partial charge in [-0.05, 0) is 46.1 Å². The quantitative estimate of drug-likeness (QED) is 0.827. The number of aromatic nitrogens is 2. The van der Waals surface area contributed by atoms with Crippen molar-refractivity contribution in [3.05, 3.63) is 18.0 Å². The van der Waals surface area contributed by atoms with E-state index < -0.39 is 0 Å². The van der Waals surface area contributed by atoms with E-state index in [0.29, 0.717) is 19.0 Å². The molecular weight excluding hydrogens is 290 g/mol. The standard InChI is InChI=1S/C17H29N5O/c1-19(2)14-17(23)21-11-15(10-20-8-4-3-5-9-20)12-22-16(13-21)6-7-18-22/h6-7,15H,3-5,8-14H2,1-2H3. The minimum absolute atomic E-state index is 0.216. The summed E-state index contributed by atoms with van der Waals surface area (Å²) in [6.45, 7) is 6.40. The molecule has 0 saturated carbocycles. The van der Waals surface area contributed by atoms with Crippen LogP contribution in [0.25, 0.3) is 0 Å². The maximum Gasteiger partial charge on any atom is 0.237 e. The van der Waals surface area contributed by atoms with Gasteiger partial charge in [0, 0.05) is 31.7 Å².